The summed E-state index contributed by atoms with van der Waals surface area (Å²) in [5.74, 6) is 0.651. The van der Waals surface area contributed by atoms with Crippen molar-refractivity contribution in [1.29, 1.82) is 0 Å². The summed E-state index contributed by atoms with van der Waals surface area (Å²) in [6, 6.07) is 12.1. The van der Waals surface area contributed by atoms with Crippen LogP contribution in [-0.4, -0.2) is 25.0 Å². The molecule has 0 spiro atoms. The average molecular weight is 370 g/mol. The molecule has 0 aliphatic rings. The van der Waals surface area contributed by atoms with Gasteiger partial charge in [0, 0.05) is 11.1 Å². The number of aryl methyl sites for hydroxylation is 1. The van der Waals surface area contributed by atoms with Gasteiger partial charge in [-0.2, -0.15) is 0 Å². The summed E-state index contributed by atoms with van der Waals surface area (Å²) in [6.07, 6.45) is 0. The highest BCUT2D eigenvalue weighted by Crippen LogP contribution is 2.29. The molecule has 2 aromatic carbocycles. The third-order valence-electron chi connectivity index (χ3n) is 3.76. The third kappa shape index (κ3) is 5.74. The van der Waals surface area contributed by atoms with Crippen molar-refractivity contribution >= 4 is 11.8 Å². The van der Waals surface area contributed by atoms with Crippen molar-refractivity contribution in [3.05, 3.63) is 59.2 Å². The number of rotatable bonds is 7. The van der Waals surface area contributed by atoms with E-state index in [9.17, 15) is 9.59 Å². The Kier molecular flexibility index (Phi) is 7.23. The maximum Gasteiger partial charge on any atom is 0.269 e. The van der Waals surface area contributed by atoms with Gasteiger partial charge in [-0.3, -0.25) is 20.4 Å². The van der Waals surface area contributed by atoms with Gasteiger partial charge in [-0.05, 0) is 49.6 Å². The molecule has 6 heteroatoms. The van der Waals surface area contributed by atoms with E-state index >= 15 is 0 Å². The monoisotopic (exact) mass is 370 g/mol. The van der Waals surface area contributed by atoms with Crippen LogP contribution in [-0.2, 0) is 0 Å². The molecule has 0 aliphatic heterocycles. The van der Waals surface area contributed by atoms with Crippen molar-refractivity contribution in [1.82, 2.24) is 10.9 Å². The lowest BCUT2D eigenvalue weighted by atomic mass is 10.1. The maximum atomic E-state index is 12.4. The normalized spacial score (nSPS) is 10.4. The van der Waals surface area contributed by atoms with E-state index in [0.717, 1.165) is 5.56 Å². The van der Waals surface area contributed by atoms with Crippen LogP contribution in [0.4, 0.5) is 0 Å². The summed E-state index contributed by atoms with van der Waals surface area (Å²) in [4.78, 5) is 24.6. The molecule has 0 aromatic heterocycles. The smallest absolute Gasteiger partial charge is 0.269 e. The molecule has 2 aromatic rings. The van der Waals surface area contributed by atoms with Gasteiger partial charge in [0.25, 0.3) is 11.8 Å². The van der Waals surface area contributed by atoms with E-state index in [2.05, 4.69) is 24.7 Å². The van der Waals surface area contributed by atoms with Crippen molar-refractivity contribution < 1.29 is 19.1 Å². The lowest BCUT2D eigenvalue weighted by Gasteiger charge is -2.15. The number of hydrazine groups is 1. The molecule has 27 heavy (non-hydrogen) atoms. The fourth-order valence-electron chi connectivity index (χ4n) is 2.37. The number of ether oxygens (including phenoxy) is 2. The molecule has 6 nitrogen and oxygen atoms in total. The summed E-state index contributed by atoms with van der Waals surface area (Å²) in [5, 5.41) is 0. The molecule has 0 unspecified atom stereocenters. The van der Waals surface area contributed by atoms with Crippen LogP contribution in [0.5, 0.6) is 11.5 Å². The highest BCUT2D eigenvalue weighted by Gasteiger charge is 2.14. The van der Waals surface area contributed by atoms with Crippen LogP contribution in [0, 0.1) is 12.8 Å². The summed E-state index contributed by atoms with van der Waals surface area (Å²) in [6.45, 7) is 8.81. The number of carbonyl (C=O) groups excluding carboxylic acids is 2. The Hall–Kier alpha value is -3.02. The fourth-order valence-corrected chi connectivity index (χ4v) is 2.37. The lowest BCUT2D eigenvalue weighted by Crippen LogP contribution is -2.41. The highest BCUT2D eigenvalue weighted by molar-refractivity contribution is 6.00. The van der Waals surface area contributed by atoms with Crippen LogP contribution in [0.1, 0.15) is 47.1 Å². The van der Waals surface area contributed by atoms with Gasteiger partial charge in [0.2, 0.25) is 0 Å². The van der Waals surface area contributed by atoms with E-state index in [1.54, 1.807) is 30.3 Å². The molecule has 0 heterocycles. The number of benzene rings is 2. The van der Waals surface area contributed by atoms with Crippen molar-refractivity contribution in [2.75, 3.05) is 13.2 Å². The van der Waals surface area contributed by atoms with Crippen LogP contribution in [0.3, 0.4) is 0 Å². The van der Waals surface area contributed by atoms with Crippen LogP contribution < -0.4 is 20.3 Å². The van der Waals surface area contributed by atoms with E-state index in [1.807, 2.05) is 26.0 Å². The van der Waals surface area contributed by atoms with E-state index < -0.39 is 5.91 Å². The Balaban J connectivity index is 2.06. The summed E-state index contributed by atoms with van der Waals surface area (Å²) in [7, 11) is 0. The van der Waals surface area contributed by atoms with Crippen LogP contribution in [0.15, 0.2) is 42.5 Å². The highest BCUT2D eigenvalue weighted by atomic mass is 16.5. The van der Waals surface area contributed by atoms with Crippen LogP contribution >= 0.6 is 0 Å². The van der Waals surface area contributed by atoms with Gasteiger partial charge in [-0.15, -0.1) is 0 Å². The minimum absolute atomic E-state index is 0.362. The first-order valence-electron chi connectivity index (χ1n) is 8.98. The number of hydrogen-bond donors (Lipinski definition) is 2. The molecule has 0 atom stereocenters. The minimum atomic E-state index is -0.437. The molecule has 0 saturated heterocycles. The van der Waals surface area contributed by atoms with Gasteiger partial charge in [0.05, 0.1) is 13.2 Å². The Morgan fingerprint density at radius 2 is 1.67 bits per heavy atom. The lowest BCUT2D eigenvalue weighted by molar-refractivity contribution is 0.0846. The van der Waals surface area contributed by atoms with Gasteiger partial charge in [-0.1, -0.05) is 32.0 Å². The van der Waals surface area contributed by atoms with Crippen molar-refractivity contribution in [2.45, 2.75) is 27.7 Å². The Labute approximate surface area is 159 Å². The number of nitrogens with one attached hydrogen (secondary N) is 2. The molecule has 2 amide bonds. The maximum absolute atomic E-state index is 12.4. The second-order valence-corrected chi connectivity index (χ2v) is 6.52. The first-order chi connectivity index (χ1) is 12.9. The van der Waals surface area contributed by atoms with E-state index in [4.69, 9.17) is 9.47 Å². The first-order valence-corrected chi connectivity index (χ1v) is 8.98. The SMILES string of the molecule is CCOc1cc(C(=O)NNC(=O)c2ccccc2C)ccc1OCC(C)C. The zero-order chi connectivity index (χ0) is 19.8. The molecule has 0 radical (unpaired) electrons. The Morgan fingerprint density at radius 1 is 0.963 bits per heavy atom. The summed E-state index contributed by atoms with van der Waals surface area (Å²) in [5.41, 5.74) is 6.56. The Bertz CT molecular complexity index is 803. The van der Waals surface area contributed by atoms with Gasteiger partial charge >= 0.3 is 0 Å². The van der Waals surface area contributed by atoms with Gasteiger partial charge < -0.3 is 9.47 Å². The molecule has 144 valence electrons. The van der Waals surface area contributed by atoms with Crippen molar-refractivity contribution in [3.8, 4) is 11.5 Å². The van der Waals surface area contributed by atoms with E-state index in [1.165, 1.54) is 0 Å². The van der Waals surface area contributed by atoms with Gasteiger partial charge in [0.1, 0.15) is 0 Å². The molecule has 0 bridgehead atoms. The number of hydrogen-bond acceptors (Lipinski definition) is 4. The Morgan fingerprint density at radius 3 is 2.33 bits per heavy atom. The van der Waals surface area contributed by atoms with E-state index in [-0.39, 0.29) is 5.91 Å². The molecule has 2 rings (SSSR count). The third-order valence-corrected chi connectivity index (χ3v) is 3.76. The molecule has 0 aliphatic carbocycles. The quantitative estimate of drug-likeness (QED) is 0.732. The second-order valence-electron chi connectivity index (χ2n) is 6.52. The zero-order valence-corrected chi connectivity index (χ0v) is 16.2. The van der Waals surface area contributed by atoms with E-state index in [0.29, 0.717) is 41.8 Å². The molecular formula is C21H26N2O4. The molecule has 2 N–H and O–H groups in total. The number of amides is 2. The second kappa shape index (κ2) is 9.62. The van der Waals surface area contributed by atoms with Gasteiger partial charge in [0.15, 0.2) is 11.5 Å². The predicted octanol–water partition coefficient (Wildman–Crippen LogP) is 3.50. The fraction of sp³-hybridized carbons (Fsp3) is 0.333. The van der Waals surface area contributed by atoms with Crippen LogP contribution in [0.25, 0.3) is 0 Å². The van der Waals surface area contributed by atoms with Crippen molar-refractivity contribution in [2.24, 2.45) is 5.92 Å². The minimum Gasteiger partial charge on any atom is -0.490 e. The zero-order valence-electron chi connectivity index (χ0n) is 16.2. The molecular weight excluding hydrogens is 344 g/mol. The van der Waals surface area contributed by atoms with Gasteiger partial charge in [-0.25, -0.2) is 0 Å². The summed E-state index contributed by atoms with van der Waals surface area (Å²) >= 11 is 0. The average Bonchev–Trinajstić information content (AvgIpc) is 2.65. The first kappa shape index (κ1) is 20.3. The largest absolute Gasteiger partial charge is 0.490 e. The van der Waals surface area contributed by atoms with Crippen LogP contribution in [0.2, 0.25) is 0 Å². The van der Waals surface area contributed by atoms with Crippen molar-refractivity contribution in [3.63, 3.8) is 0 Å². The predicted molar refractivity (Wildman–Crippen MR) is 104 cm³/mol. The number of carbonyl (C=O) groups is 2. The standard InChI is InChI=1S/C21H26N2O4/c1-5-26-19-12-16(10-11-18(19)27-13-14(2)3)20(24)22-23-21(25)17-9-7-6-8-15(17)4/h6-12,14H,5,13H2,1-4H3,(H,22,24)(H,23,25). The molecule has 0 fully saturated rings. The summed E-state index contributed by atoms with van der Waals surface area (Å²) < 4.78 is 11.3. The topological polar surface area (TPSA) is 76.7 Å². The molecule has 0 saturated carbocycles.